The largest absolute Gasteiger partial charge is 0.480 e. The van der Waals surface area contributed by atoms with Crippen molar-refractivity contribution in [3.05, 3.63) is 0 Å². The summed E-state index contributed by atoms with van der Waals surface area (Å²) in [7, 11) is 0. The molecule has 2 N–H and O–H groups in total. The maximum atomic E-state index is 11.1. The van der Waals surface area contributed by atoms with Gasteiger partial charge in [0.1, 0.15) is 5.54 Å². The SMILES string of the molecule is CCCC(C)OCCCC(C)(NCC)C(=O)O. The molecule has 0 aliphatic rings. The van der Waals surface area contributed by atoms with Gasteiger partial charge in [-0.05, 0) is 39.7 Å². The second-order valence-corrected chi connectivity index (χ2v) is 4.74. The van der Waals surface area contributed by atoms with Gasteiger partial charge in [-0.25, -0.2) is 0 Å². The predicted octanol–water partition coefficient (Wildman–Crippen LogP) is 2.42. The average Bonchev–Trinajstić information content (AvgIpc) is 2.25. The topological polar surface area (TPSA) is 58.6 Å². The molecule has 0 aromatic heterocycles. The van der Waals surface area contributed by atoms with Crippen LogP contribution in [0.5, 0.6) is 0 Å². The number of carboxylic acids is 1. The molecule has 0 fully saturated rings. The molecule has 102 valence electrons. The first-order valence-corrected chi connectivity index (χ1v) is 6.56. The lowest BCUT2D eigenvalue weighted by molar-refractivity contribution is -0.144. The van der Waals surface area contributed by atoms with Crippen LogP contribution in [0.15, 0.2) is 0 Å². The molecule has 0 radical (unpaired) electrons. The highest BCUT2D eigenvalue weighted by Gasteiger charge is 2.31. The van der Waals surface area contributed by atoms with E-state index in [-0.39, 0.29) is 6.10 Å². The molecule has 0 spiro atoms. The summed E-state index contributed by atoms with van der Waals surface area (Å²) in [6.45, 7) is 9.14. The summed E-state index contributed by atoms with van der Waals surface area (Å²) in [5.74, 6) is -0.791. The van der Waals surface area contributed by atoms with Crippen LogP contribution < -0.4 is 5.32 Å². The summed E-state index contributed by atoms with van der Waals surface area (Å²) < 4.78 is 5.61. The summed E-state index contributed by atoms with van der Waals surface area (Å²) in [5, 5.41) is 12.2. The van der Waals surface area contributed by atoms with Gasteiger partial charge in [-0.3, -0.25) is 4.79 Å². The van der Waals surface area contributed by atoms with Gasteiger partial charge in [0.25, 0.3) is 0 Å². The fraction of sp³-hybridized carbons (Fsp3) is 0.923. The van der Waals surface area contributed by atoms with Crippen molar-refractivity contribution in [3.63, 3.8) is 0 Å². The van der Waals surface area contributed by atoms with Gasteiger partial charge < -0.3 is 15.2 Å². The van der Waals surface area contributed by atoms with E-state index in [0.717, 1.165) is 19.3 Å². The Balaban J connectivity index is 3.87. The highest BCUT2D eigenvalue weighted by atomic mass is 16.5. The fourth-order valence-corrected chi connectivity index (χ4v) is 1.86. The van der Waals surface area contributed by atoms with Gasteiger partial charge in [0.2, 0.25) is 0 Å². The van der Waals surface area contributed by atoms with Crippen molar-refractivity contribution < 1.29 is 14.6 Å². The first kappa shape index (κ1) is 16.4. The molecular weight excluding hydrogens is 218 g/mol. The number of ether oxygens (including phenoxy) is 1. The zero-order valence-corrected chi connectivity index (χ0v) is 11.6. The standard InChI is InChI=1S/C13H27NO3/c1-5-8-11(3)17-10-7-9-13(4,12(15)16)14-6-2/h11,14H,5-10H2,1-4H3,(H,15,16). The first-order chi connectivity index (χ1) is 7.96. The van der Waals surface area contributed by atoms with Crippen molar-refractivity contribution in [2.75, 3.05) is 13.2 Å². The zero-order valence-electron chi connectivity index (χ0n) is 11.6. The summed E-state index contributed by atoms with van der Waals surface area (Å²) in [6, 6.07) is 0. The van der Waals surface area contributed by atoms with Crippen LogP contribution >= 0.6 is 0 Å². The lowest BCUT2D eigenvalue weighted by Crippen LogP contribution is -2.49. The zero-order chi connectivity index (χ0) is 13.3. The highest BCUT2D eigenvalue weighted by Crippen LogP contribution is 2.13. The molecule has 0 heterocycles. The Kier molecular flexibility index (Phi) is 8.17. The minimum Gasteiger partial charge on any atom is -0.480 e. The van der Waals surface area contributed by atoms with Crippen LogP contribution in [0.3, 0.4) is 0 Å². The molecule has 0 aliphatic heterocycles. The van der Waals surface area contributed by atoms with Crippen molar-refractivity contribution in [3.8, 4) is 0 Å². The number of carbonyl (C=O) groups is 1. The number of nitrogens with one attached hydrogen (secondary N) is 1. The minimum absolute atomic E-state index is 0.273. The van der Waals surface area contributed by atoms with Crippen molar-refractivity contribution >= 4 is 5.97 Å². The van der Waals surface area contributed by atoms with E-state index in [4.69, 9.17) is 9.84 Å². The number of hydrogen-bond acceptors (Lipinski definition) is 3. The van der Waals surface area contributed by atoms with Crippen molar-refractivity contribution in [1.29, 1.82) is 0 Å². The van der Waals surface area contributed by atoms with Crippen molar-refractivity contribution in [1.82, 2.24) is 5.32 Å². The average molecular weight is 245 g/mol. The second kappa shape index (κ2) is 8.48. The fourth-order valence-electron chi connectivity index (χ4n) is 1.86. The predicted molar refractivity (Wildman–Crippen MR) is 69.3 cm³/mol. The molecule has 0 aromatic carbocycles. The van der Waals surface area contributed by atoms with Crippen LogP contribution in [0.4, 0.5) is 0 Å². The number of hydrogen-bond donors (Lipinski definition) is 2. The highest BCUT2D eigenvalue weighted by molar-refractivity contribution is 5.78. The van der Waals surface area contributed by atoms with Gasteiger partial charge in [-0.1, -0.05) is 20.3 Å². The molecule has 0 rings (SSSR count). The lowest BCUT2D eigenvalue weighted by atomic mass is 9.96. The molecule has 0 saturated heterocycles. The van der Waals surface area contributed by atoms with Gasteiger partial charge in [0.05, 0.1) is 6.10 Å². The van der Waals surface area contributed by atoms with Crippen LogP contribution in [-0.4, -0.2) is 35.9 Å². The molecule has 2 unspecified atom stereocenters. The van der Waals surface area contributed by atoms with Crippen LogP contribution in [0.25, 0.3) is 0 Å². The summed E-state index contributed by atoms with van der Waals surface area (Å²) in [5.41, 5.74) is -0.827. The first-order valence-electron chi connectivity index (χ1n) is 6.56. The third kappa shape index (κ3) is 6.64. The summed E-state index contributed by atoms with van der Waals surface area (Å²) in [4.78, 5) is 11.1. The normalized spacial score (nSPS) is 16.5. The molecule has 0 aromatic rings. The van der Waals surface area contributed by atoms with Crippen LogP contribution in [0.1, 0.15) is 53.4 Å². The third-order valence-corrected chi connectivity index (χ3v) is 2.96. The monoisotopic (exact) mass is 245 g/mol. The summed E-state index contributed by atoms with van der Waals surface area (Å²) >= 11 is 0. The Labute approximate surface area is 105 Å². The molecule has 2 atom stereocenters. The second-order valence-electron chi connectivity index (χ2n) is 4.74. The van der Waals surface area contributed by atoms with E-state index in [1.54, 1.807) is 6.92 Å². The minimum atomic E-state index is -0.827. The molecule has 17 heavy (non-hydrogen) atoms. The molecule has 0 amide bonds. The maximum absolute atomic E-state index is 11.1. The van der Waals surface area contributed by atoms with Crippen molar-refractivity contribution in [2.45, 2.75) is 65.0 Å². The number of aliphatic carboxylic acids is 1. The van der Waals surface area contributed by atoms with E-state index < -0.39 is 11.5 Å². The van der Waals surface area contributed by atoms with E-state index in [2.05, 4.69) is 19.2 Å². The summed E-state index contributed by atoms with van der Waals surface area (Å²) in [6.07, 6.45) is 3.81. The van der Waals surface area contributed by atoms with Crippen LogP contribution in [0, 0.1) is 0 Å². The van der Waals surface area contributed by atoms with E-state index >= 15 is 0 Å². The van der Waals surface area contributed by atoms with Gasteiger partial charge >= 0.3 is 5.97 Å². The Morgan fingerprint density at radius 2 is 2.12 bits per heavy atom. The number of rotatable bonds is 10. The maximum Gasteiger partial charge on any atom is 0.323 e. The van der Waals surface area contributed by atoms with Gasteiger partial charge in [-0.15, -0.1) is 0 Å². The van der Waals surface area contributed by atoms with E-state index in [0.29, 0.717) is 19.6 Å². The molecule has 0 saturated carbocycles. The Morgan fingerprint density at radius 3 is 2.59 bits per heavy atom. The molecule has 0 aliphatic carbocycles. The lowest BCUT2D eigenvalue weighted by Gasteiger charge is -2.25. The molecule has 0 bridgehead atoms. The van der Waals surface area contributed by atoms with Crippen LogP contribution in [-0.2, 0) is 9.53 Å². The third-order valence-electron chi connectivity index (χ3n) is 2.96. The van der Waals surface area contributed by atoms with Gasteiger partial charge in [0.15, 0.2) is 0 Å². The Bertz CT molecular complexity index is 221. The number of carboxylic acid groups (broad SMARTS) is 1. The van der Waals surface area contributed by atoms with Gasteiger partial charge in [0, 0.05) is 6.61 Å². The van der Waals surface area contributed by atoms with E-state index in [1.165, 1.54) is 0 Å². The van der Waals surface area contributed by atoms with Crippen molar-refractivity contribution in [2.24, 2.45) is 0 Å². The number of likely N-dealkylation sites (N-methyl/N-ethyl adjacent to an activating group) is 1. The molecule has 4 heteroatoms. The van der Waals surface area contributed by atoms with E-state index in [1.807, 2.05) is 6.92 Å². The molecule has 4 nitrogen and oxygen atoms in total. The Morgan fingerprint density at radius 1 is 1.47 bits per heavy atom. The van der Waals surface area contributed by atoms with E-state index in [9.17, 15) is 4.79 Å². The van der Waals surface area contributed by atoms with Crippen LogP contribution in [0.2, 0.25) is 0 Å². The van der Waals surface area contributed by atoms with Gasteiger partial charge in [-0.2, -0.15) is 0 Å². The Hall–Kier alpha value is -0.610. The molecular formula is C13H27NO3. The smallest absolute Gasteiger partial charge is 0.323 e. The quantitative estimate of drug-likeness (QED) is 0.580.